The Morgan fingerprint density at radius 2 is 1.81 bits per heavy atom. The fraction of sp³-hybridized carbons (Fsp3) is 0.588. The van der Waals surface area contributed by atoms with Gasteiger partial charge >= 0.3 is 0 Å². The summed E-state index contributed by atoms with van der Waals surface area (Å²) in [7, 11) is 0. The molecule has 2 atom stereocenters. The van der Waals surface area contributed by atoms with Crippen molar-refractivity contribution in [1.82, 2.24) is 5.32 Å². The molecule has 118 valence electrons. The lowest BCUT2D eigenvalue weighted by molar-refractivity contribution is -0.122. The largest absolute Gasteiger partial charge is 0.399 e. The highest BCUT2D eigenvalue weighted by Crippen LogP contribution is 2.20. The molecule has 0 saturated heterocycles. The second-order valence-electron chi connectivity index (χ2n) is 5.72. The summed E-state index contributed by atoms with van der Waals surface area (Å²) in [6.45, 7) is 6.47. The number of carbonyl (C=O) groups excluding carboxylic acids is 1. The predicted octanol–water partition coefficient (Wildman–Crippen LogP) is 2.68. The van der Waals surface area contributed by atoms with Crippen molar-refractivity contribution in [2.75, 3.05) is 12.3 Å². The third-order valence-corrected chi connectivity index (χ3v) is 4.10. The summed E-state index contributed by atoms with van der Waals surface area (Å²) in [5.41, 5.74) is 7.48. The van der Waals surface area contributed by atoms with Crippen LogP contribution < -0.4 is 11.1 Å². The Bertz CT molecular complexity index is 427. The van der Waals surface area contributed by atoms with Gasteiger partial charge in [0.2, 0.25) is 5.91 Å². The first kappa shape index (κ1) is 17.5. The Hall–Kier alpha value is -1.55. The first-order chi connectivity index (χ1) is 9.97. The minimum absolute atomic E-state index is 0.0238. The van der Waals surface area contributed by atoms with E-state index in [1.54, 1.807) is 0 Å². The van der Waals surface area contributed by atoms with E-state index >= 15 is 0 Å². The van der Waals surface area contributed by atoms with Crippen LogP contribution in [0.15, 0.2) is 24.3 Å². The lowest BCUT2D eigenvalue weighted by Gasteiger charge is -2.21. The van der Waals surface area contributed by atoms with Crippen molar-refractivity contribution in [2.45, 2.75) is 52.1 Å². The molecule has 4 nitrogen and oxygen atoms in total. The molecule has 0 aromatic heterocycles. The summed E-state index contributed by atoms with van der Waals surface area (Å²) in [4.78, 5) is 12.0. The summed E-state index contributed by atoms with van der Waals surface area (Å²) in [6, 6.07) is 7.60. The standard InChI is InChI=1S/C17H28N2O2/c1-4-13(5-2)16(20)11-19-17(21)10-12(3)14-6-8-15(18)9-7-14/h6-9,12-13,16,20H,4-5,10-11,18H2,1-3H3,(H,19,21). The average molecular weight is 292 g/mol. The van der Waals surface area contributed by atoms with E-state index in [1.807, 2.05) is 31.2 Å². The average Bonchev–Trinajstić information content (AvgIpc) is 2.47. The molecule has 21 heavy (non-hydrogen) atoms. The summed E-state index contributed by atoms with van der Waals surface area (Å²) < 4.78 is 0. The molecule has 0 spiro atoms. The molecule has 4 N–H and O–H groups in total. The van der Waals surface area contributed by atoms with Gasteiger partial charge in [-0.2, -0.15) is 0 Å². The van der Waals surface area contributed by atoms with E-state index < -0.39 is 6.10 Å². The molecule has 4 heteroatoms. The van der Waals surface area contributed by atoms with Crippen molar-refractivity contribution in [1.29, 1.82) is 0 Å². The molecule has 1 aromatic carbocycles. The fourth-order valence-corrected chi connectivity index (χ4v) is 2.51. The highest BCUT2D eigenvalue weighted by Gasteiger charge is 2.17. The van der Waals surface area contributed by atoms with Gasteiger partial charge in [0, 0.05) is 18.7 Å². The van der Waals surface area contributed by atoms with Crippen molar-refractivity contribution in [3.05, 3.63) is 29.8 Å². The van der Waals surface area contributed by atoms with Crippen molar-refractivity contribution in [3.63, 3.8) is 0 Å². The zero-order valence-corrected chi connectivity index (χ0v) is 13.3. The first-order valence-electron chi connectivity index (χ1n) is 7.78. The number of aliphatic hydroxyl groups is 1. The molecule has 1 rings (SSSR count). The van der Waals surface area contributed by atoms with Crippen LogP contribution in [0.2, 0.25) is 0 Å². The van der Waals surface area contributed by atoms with Gasteiger partial charge in [0.1, 0.15) is 0 Å². The number of nitrogens with one attached hydrogen (secondary N) is 1. The predicted molar refractivity (Wildman–Crippen MR) is 87.0 cm³/mol. The van der Waals surface area contributed by atoms with Crippen LogP contribution in [0.4, 0.5) is 5.69 Å². The quantitative estimate of drug-likeness (QED) is 0.645. The summed E-state index contributed by atoms with van der Waals surface area (Å²) in [5, 5.41) is 12.8. The van der Waals surface area contributed by atoms with Crippen LogP contribution in [0, 0.1) is 5.92 Å². The number of benzene rings is 1. The third kappa shape index (κ3) is 5.76. The van der Waals surface area contributed by atoms with Crippen LogP contribution in [0.1, 0.15) is 51.5 Å². The molecule has 0 bridgehead atoms. The Labute approximate surface area is 127 Å². The van der Waals surface area contributed by atoms with E-state index in [9.17, 15) is 9.90 Å². The van der Waals surface area contributed by atoms with Gasteiger partial charge in [-0.15, -0.1) is 0 Å². The second kappa shape index (κ2) is 8.67. The normalized spacial score (nSPS) is 14.0. The van der Waals surface area contributed by atoms with Crippen LogP contribution >= 0.6 is 0 Å². The van der Waals surface area contributed by atoms with Gasteiger partial charge in [-0.25, -0.2) is 0 Å². The minimum Gasteiger partial charge on any atom is -0.399 e. The van der Waals surface area contributed by atoms with E-state index in [1.165, 1.54) is 0 Å². The van der Waals surface area contributed by atoms with Gasteiger partial charge in [-0.3, -0.25) is 4.79 Å². The molecule has 0 radical (unpaired) electrons. The molecule has 0 fully saturated rings. The van der Waals surface area contributed by atoms with E-state index in [0.29, 0.717) is 13.0 Å². The monoisotopic (exact) mass is 292 g/mol. The number of carbonyl (C=O) groups is 1. The zero-order valence-electron chi connectivity index (χ0n) is 13.3. The van der Waals surface area contributed by atoms with Gasteiger partial charge in [0.05, 0.1) is 6.10 Å². The molecule has 1 aromatic rings. The molecule has 1 amide bonds. The lowest BCUT2D eigenvalue weighted by Crippen LogP contribution is -2.36. The van der Waals surface area contributed by atoms with Gasteiger partial charge in [-0.1, -0.05) is 45.7 Å². The number of hydrogen-bond acceptors (Lipinski definition) is 3. The van der Waals surface area contributed by atoms with Gasteiger partial charge in [0.25, 0.3) is 0 Å². The van der Waals surface area contributed by atoms with Crippen molar-refractivity contribution in [3.8, 4) is 0 Å². The SMILES string of the molecule is CCC(CC)C(O)CNC(=O)CC(C)c1ccc(N)cc1. The van der Waals surface area contributed by atoms with E-state index in [0.717, 1.165) is 24.1 Å². The summed E-state index contributed by atoms with van der Waals surface area (Å²) >= 11 is 0. The number of amides is 1. The van der Waals surface area contributed by atoms with Crippen LogP contribution in [-0.2, 0) is 4.79 Å². The maximum atomic E-state index is 12.0. The zero-order chi connectivity index (χ0) is 15.8. The smallest absolute Gasteiger partial charge is 0.220 e. The third-order valence-electron chi connectivity index (χ3n) is 4.10. The Balaban J connectivity index is 2.41. The van der Waals surface area contributed by atoms with Crippen LogP contribution in [-0.4, -0.2) is 23.7 Å². The maximum absolute atomic E-state index is 12.0. The number of hydrogen-bond donors (Lipinski definition) is 3. The summed E-state index contributed by atoms with van der Waals surface area (Å²) in [6.07, 6.45) is 1.81. The molecular formula is C17H28N2O2. The Morgan fingerprint density at radius 3 is 2.33 bits per heavy atom. The Morgan fingerprint density at radius 1 is 1.24 bits per heavy atom. The number of aliphatic hydroxyl groups excluding tert-OH is 1. The van der Waals surface area contributed by atoms with E-state index in [-0.39, 0.29) is 17.7 Å². The molecular weight excluding hydrogens is 264 g/mol. The number of nitrogen functional groups attached to an aromatic ring is 1. The van der Waals surface area contributed by atoms with Crippen molar-refractivity contribution >= 4 is 11.6 Å². The first-order valence-corrected chi connectivity index (χ1v) is 7.78. The Kier molecular flexibility index (Phi) is 7.23. The highest BCUT2D eigenvalue weighted by molar-refractivity contribution is 5.76. The van der Waals surface area contributed by atoms with E-state index in [4.69, 9.17) is 5.73 Å². The number of anilines is 1. The molecule has 0 heterocycles. The molecule has 2 unspecified atom stereocenters. The number of rotatable bonds is 8. The fourth-order valence-electron chi connectivity index (χ4n) is 2.51. The van der Waals surface area contributed by atoms with E-state index in [2.05, 4.69) is 19.2 Å². The second-order valence-corrected chi connectivity index (χ2v) is 5.72. The molecule has 0 aliphatic heterocycles. The van der Waals surface area contributed by atoms with Gasteiger partial charge in [0.15, 0.2) is 0 Å². The van der Waals surface area contributed by atoms with Crippen molar-refractivity contribution < 1.29 is 9.90 Å². The highest BCUT2D eigenvalue weighted by atomic mass is 16.3. The lowest BCUT2D eigenvalue weighted by atomic mass is 9.95. The van der Waals surface area contributed by atoms with Crippen LogP contribution in [0.5, 0.6) is 0 Å². The van der Waals surface area contributed by atoms with Crippen LogP contribution in [0.3, 0.4) is 0 Å². The van der Waals surface area contributed by atoms with Gasteiger partial charge < -0.3 is 16.2 Å². The topological polar surface area (TPSA) is 75.3 Å². The maximum Gasteiger partial charge on any atom is 0.220 e. The minimum atomic E-state index is -0.462. The van der Waals surface area contributed by atoms with Crippen LogP contribution in [0.25, 0.3) is 0 Å². The molecule has 0 saturated carbocycles. The van der Waals surface area contributed by atoms with Gasteiger partial charge in [-0.05, 0) is 29.5 Å². The number of nitrogens with two attached hydrogens (primary N) is 1. The summed E-state index contributed by atoms with van der Waals surface area (Å²) in [5.74, 6) is 0.361. The molecule has 0 aliphatic carbocycles. The molecule has 0 aliphatic rings. The van der Waals surface area contributed by atoms with Crippen molar-refractivity contribution in [2.24, 2.45) is 5.92 Å².